The molecule has 0 aliphatic rings. The highest BCUT2D eigenvalue weighted by Crippen LogP contribution is 2.36. The topological polar surface area (TPSA) is 67.2 Å². The summed E-state index contributed by atoms with van der Waals surface area (Å²) < 4.78 is 14.4. The molecule has 2 heterocycles. The number of nitrogens with one attached hydrogen (secondary N) is 1. The molecule has 36 heavy (non-hydrogen) atoms. The van der Waals surface area contributed by atoms with E-state index in [1.165, 1.54) is 0 Å². The van der Waals surface area contributed by atoms with E-state index in [2.05, 4.69) is 48.3 Å². The molecular formula is C27H35ClN6O2. The van der Waals surface area contributed by atoms with Crippen LogP contribution >= 0.6 is 11.6 Å². The minimum Gasteiger partial charge on any atom is -0.490 e. The number of imidazole rings is 1. The summed E-state index contributed by atoms with van der Waals surface area (Å²) in [6, 6.07) is 9.77. The lowest BCUT2D eigenvalue weighted by Crippen LogP contribution is -2.16. The van der Waals surface area contributed by atoms with Crippen LogP contribution in [0.25, 0.3) is 16.6 Å². The molecule has 192 valence electrons. The van der Waals surface area contributed by atoms with Gasteiger partial charge in [-0.05, 0) is 59.6 Å². The normalized spacial score (nSPS) is 11.7. The lowest BCUT2D eigenvalue weighted by atomic mass is 10.2. The molecule has 2 aromatic carbocycles. The zero-order valence-electron chi connectivity index (χ0n) is 21.7. The van der Waals surface area contributed by atoms with Gasteiger partial charge < -0.3 is 24.6 Å². The summed E-state index contributed by atoms with van der Waals surface area (Å²) in [5.74, 6) is 2.08. The Morgan fingerprint density at radius 3 is 2.25 bits per heavy atom. The molecule has 9 heteroatoms. The lowest BCUT2D eigenvalue weighted by molar-refractivity contribution is 0.244. The molecule has 1 N–H and O–H groups in total. The number of hydrogen-bond acceptors (Lipinski definition) is 7. The fourth-order valence-electron chi connectivity index (χ4n) is 4.01. The number of rotatable bonds is 12. The van der Waals surface area contributed by atoms with Crippen LogP contribution in [0.5, 0.6) is 11.5 Å². The van der Waals surface area contributed by atoms with Gasteiger partial charge in [0.15, 0.2) is 17.3 Å². The Bertz CT molecular complexity index is 1300. The maximum Gasteiger partial charge on any atom is 0.163 e. The van der Waals surface area contributed by atoms with Crippen LogP contribution in [0, 0.1) is 6.92 Å². The second-order valence-electron chi connectivity index (χ2n) is 9.46. The van der Waals surface area contributed by atoms with Gasteiger partial charge in [0.05, 0.1) is 47.5 Å². The van der Waals surface area contributed by atoms with E-state index in [1.54, 1.807) is 12.5 Å². The van der Waals surface area contributed by atoms with Gasteiger partial charge in [-0.1, -0.05) is 23.7 Å². The third-order valence-electron chi connectivity index (χ3n) is 5.89. The fraction of sp³-hybridized carbons (Fsp3) is 0.407. The number of nitrogens with zero attached hydrogens (tertiary/aromatic N) is 5. The monoisotopic (exact) mass is 510 g/mol. The third-order valence-corrected chi connectivity index (χ3v) is 6.21. The average Bonchev–Trinajstić information content (AvgIpc) is 3.32. The van der Waals surface area contributed by atoms with E-state index >= 15 is 0 Å². The van der Waals surface area contributed by atoms with Gasteiger partial charge in [0.25, 0.3) is 0 Å². The predicted octanol–water partition coefficient (Wildman–Crippen LogP) is 5.25. The minimum absolute atomic E-state index is 0.592. The molecule has 0 saturated carbocycles. The average molecular weight is 511 g/mol. The van der Waals surface area contributed by atoms with E-state index in [4.69, 9.17) is 26.1 Å². The number of fused-ring (bicyclic) bond motifs is 3. The third kappa shape index (κ3) is 6.19. The first-order valence-corrected chi connectivity index (χ1v) is 12.6. The second kappa shape index (κ2) is 11.8. The number of anilines is 2. The van der Waals surface area contributed by atoms with Crippen LogP contribution in [0.2, 0.25) is 5.02 Å². The van der Waals surface area contributed by atoms with Crippen LogP contribution < -0.4 is 14.8 Å². The van der Waals surface area contributed by atoms with Gasteiger partial charge in [0.2, 0.25) is 0 Å². The molecule has 0 aliphatic carbocycles. The largest absolute Gasteiger partial charge is 0.490 e. The van der Waals surface area contributed by atoms with Crippen LogP contribution in [0.1, 0.15) is 18.4 Å². The van der Waals surface area contributed by atoms with Crippen LogP contribution in [0.3, 0.4) is 0 Å². The van der Waals surface area contributed by atoms with Gasteiger partial charge in [-0.25, -0.2) is 9.97 Å². The Hall–Kier alpha value is -3.07. The molecule has 0 unspecified atom stereocenters. The van der Waals surface area contributed by atoms with Crippen LogP contribution in [-0.4, -0.2) is 78.7 Å². The molecule has 2 aromatic heterocycles. The summed E-state index contributed by atoms with van der Waals surface area (Å²) in [6.45, 7) is 5.11. The molecule has 0 spiro atoms. The molecule has 8 nitrogen and oxygen atoms in total. The number of halogens is 1. The van der Waals surface area contributed by atoms with Crippen LogP contribution in [-0.2, 0) is 0 Å². The number of benzene rings is 2. The SMILES string of the molecule is Cc1cccc(Cl)c1Nc1nc2cc(OCCCN(C)C)c(OCCCN(C)C)cc2n2cncc12. The number of aryl methyl sites for hydroxylation is 1. The molecule has 0 bridgehead atoms. The fourth-order valence-corrected chi connectivity index (χ4v) is 4.28. The Morgan fingerprint density at radius 2 is 1.61 bits per heavy atom. The van der Waals surface area contributed by atoms with Crippen molar-refractivity contribution in [3.05, 3.63) is 53.4 Å². The predicted molar refractivity (Wildman–Crippen MR) is 147 cm³/mol. The maximum atomic E-state index is 6.49. The minimum atomic E-state index is 0.592. The van der Waals surface area contributed by atoms with Crippen molar-refractivity contribution in [2.45, 2.75) is 19.8 Å². The van der Waals surface area contributed by atoms with E-state index in [9.17, 15) is 0 Å². The molecule has 0 amide bonds. The van der Waals surface area contributed by atoms with Gasteiger partial charge in [0, 0.05) is 25.2 Å². The Morgan fingerprint density at radius 1 is 0.944 bits per heavy atom. The Labute approximate surface area is 217 Å². The highest BCUT2D eigenvalue weighted by Gasteiger charge is 2.16. The summed E-state index contributed by atoms with van der Waals surface area (Å²) in [5.41, 5.74) is 4.38. The molecular weight excluding hydrogens is 476 g/mol. The molecule has 0 aliphatic heterocycles. The quantitative estimate of drug-likeness (QED) is 0.261. The first-order valence-electron chi connectivity index (χ1n) is 12.2. The zero-order chi connectivity index (χ0) is 25.7. The van der Waals surface area contributed by atoms with Crippen molar-refractivity contribution < 1.29 is 9.47 Å². The van der Waals surface area contributed by atoms with E-state index < -0.39 is 0 Å². The van der Waals surface area contributed by atoms with E-state index in [1.807, 2.05) is 41.7 Å². The molecule has 0 fully saturated rings. The molecule has 0 saturated heterocycles. The van der Waals surface area contributed by atoms with Crippen molar-refractivity contribution in [1.29, 1.82) is 0 Å². The van der Waals surface area contributed by atoms with Crippen molar-refractivity contribution >= 4 is 39.7 Å². The first-order chi connectivity index (χ1) is 17.3. The molecule has 4 aromatic rings. The van der Waals surface area contributed by atoms with Crippen molar-refractivity contribution in [3.63, 3.8) is 0 Å². The Kier molecular flexibility index (Phi) is 8.51. The summed E-state index contributed by atoms with van der Waals surface area (Å²) in [7, 11) is 8.24. The second-order valence-corrected chi connectivity index (χ2v) is 9.87. The first kappa shape index (κ1) is 26.0. The van der Waals surface area contributed by atoms with Gasteiger partial charge >= 0.3 is 0 Å². The Balaban J connectivity index is 1.71. The van der Waals surface area contributed by atoms with Gasteiger partial charge in [0.1, 0.15) is 5.52 Å². The van der Waals surface area contributed by atoms with Crippen molar-refractivity contribution in [1.82, 2.24) is 24.2 Å². The standard InChI is InChI=1S/C27H35ClN6O2/c1-19-9-6-10-20(28)26(19)31-27-23-17-29-18-34(23)22-16-25(36-14-8-12-33(4)5)24(15-21(22)30-27)35-13-7-11-32(2)3/h6,9-10,15-18H,7-8,11-14H2,1-5H3,(H,30,31). The van der Waals surface area contributed by atoms with E-state index in [-0.39, 0.29) is 0 Å². The smallest absolute Gasteiger partial charge is 0.163 e. The van der Waals surface area contributed by atoms with Crippen molar-refractivity contribution in [3.8, 4) is 11.5 Å². The maximum absolute atomic E-state index is 6.49. The number of aromatic nitrogens is 3. The van der Waals surface area contributed by atoms with Crippen molar-refractivity contribution in [2.75, 3.05) is 59.8 Å². The highest BCUT2D eigenvalue weighted by molar-refractivity contribution is 6.33. The van der Waals surface area contributed by atoms with Crippen molar-refractivity contribution in [2.24, 2.45) is 0 Å². The molecule has 0 atom stereocenters. The zero-order valence-corrected chi connectivity index (χ0v) is 22.5. The van der Waals surface area contributed by atoms with E-state index in [0.717, 1.165) is 53.7 Å². The lowest BCUT2D eigenvalue weighted by Gasteiger charge is -2.17. The molecule has 0 radical (unpaired) electrons. The molecule has 4 rings (SSSR count). The number of para-hydroxylation sites is 1. The van der Waals surface area contributed by atoms with Gasteiger partial charge in [-0.2, -0.15) is 0 Å². The highest BCUT2D eigenvalue weighted by atomic mass is 35.5. The van der Waals surface area contributed by atoms with Crippen LogP contribution in [0.15, 0.2) is 42.9 Å². The summed E-state index contributed by atoms with van der Waals surface area (Å²) in [6.07, 6.45) is 5.42. The number of hydrogen-bond donors (Lipinski definition) is 1. The summed E-state index contributed by atoms with van der Waals surface area (Å²) in [5, 5.41) is 4.07. The van der Waals surface area contributed by atoms with Crippen LogP contribution in [0.4, 0.5) is 11.5 Å². The van der Waals surface area contributed by atoms with Gasteiger partial charge in [-0.3, -0.25) is 4.40 Å². The van der Waals surface area contributed by atoms with Gasteiger partial charge in [-0.15, -0.1) is 0 Å². The van der Waals surface area contributed by atoms with E-state index in [0.29, 0.717) is 35.6 Å². The number of ether oxygens (including phenoxy) is 2. The summed E-state index contributed by atoms with van der Waals surface area (Å²) in [4.78, 5) is 13.6. The summed E-state index contributed by atoms with van der Waals surface area (Å²) >= 11 is 6.49.